The summed E-state index contributed by atoms with van der Waals surface area (Å²) in [5, 5.41) is 3.22. The van der Waals surface area contributed by atoms with Crippen LogP contribution in [-0.2, 0) is 27.2 Å². The van der Waals surface area contributed by atoms with Crippen LogP contribution < -0.4 is 10.9 Å². The fourth-order valence-corrected chi connectivity index (χ4v) is 2.85. The Hall–Kier alpha value is -3.48. The van der Waals surface area contributed by atoms with E-state index < -0.39 is 18.0 Å². The lowest BCUT2D eigenvalue weighted by Crippen LogP contribution is -2.30. The minimum Gasteiger partial charge on any atom is -0.453 e. The Morgan fingerprint density at radius 2 is 1.86 bits per heavy atom. The minimum atomic E-state index is -0.933. The molecular weight excluding hydrogens is 370 g/mol. The van der Waals surface area contributed by atoms with Crippen molar-refractivity contribution in [3.8, 4) is 0 Å². The molecule has 0 saturated heterocycles. The van der Waals surface area contributed by atoms with Crippen LogP contribution in [0.2, 0.25) is 0 Å². The van der Waals surface area contributed by atoms with Crippen LogP contribution in [0.1, 0.15) is 31.7 Å². The molecule has 0 radical (unpaired) electrons. The van der Waals surface area contributed by atoms with Crippen molar-refractivity contribution < 1.29 is 14.3 Å². The topological polar surface area (TPSA) is 101 Å². The second kappa shape index (κ2) is 9.14. The third-order valence-electron chi connectivity index (χ3n) is 4.54. The van der Waals surface area contributed by atoms with Gasteiger partial charge in [-0.3, -0.25) is 14.4 Å². The zero-order chi connectivity index (χ0) is 20.8. The average Bonchev–Trinajstić information content (AvgIpc) is 2.73. The number of nitrogens with zero attached hydrogens (tertiary/aromatic N) is 1. The molecule has 0 spiro atoms. The lowest BCUT2D eigenvalue weighted by Gasteiger charge is -2.13. The molecule has 1 atom stereocenters. The maximum absolute atomic E-state index is 12.2. The van der Waals surface area contributed by atoms with Crippen LogP contribution in [0.5, 0.6) is 0 Å². The summed E-state index contributed by atoms with van der Waals surface area (Å²) in [6.45, 7) is 3.57. The van der Waals surface area contributed by atoms with Crippen LogP contribution in [-0.4, -0.2) is 27.9 Å². The van der Waals surface area contributed by atoms with Crippen molar-refractivity contribution in [1.82, 2.24) is 9.97 Å². The van der Waals surface area contributed by atoms with E-state index in [1.165, 1.54) is 12.5 Å². The Labute approximate surface area is 168 Å². The molecule has 0 saturated carbocycles. The van der Waals surface area contributed by atoms with Gasteiger partial charge in [-0.25, -0.2) is 4.98 Å². The number of fused-ring (bicyclic) bond motifs is 1. The number of aromatic amines is 1. The molecule has 1 heterocycles. The Morgan fingerprint density at radius 3 is 2.59 bits per heavy atom. The molecule has 0 aliphatic heterocycles. The van der Waals surface area contributed by atoms with Gasteiger partial charge in [-0.05, 0) is 43.2 Å². The highest BCUT2D eigenvalue weighted by Gasteiger charge is 2.18. The van der Waals surface area contributed by atoms with Gasteiger partial charge < -0.3 is 15.0 Å². The van der Waals surface area contributed by atoms with Crippen molar-refractivity contribution >= 4 is 28.5 Å². The van der Waals surface area contributed by atoms with Crippen molar-refractivity contribution in [2.24, 2.45) is 0 Å². The van der Waals surface area contributed by atoms with Crippen molar-refractivity contribution in [2.45, 2.75) is 39.2 Å². The van der Waals surface area contributed by atoms with E-state index in [-0.39, 0.29) is 18.4 Å². The summed E-state index contributed by atoms with van der Waals surface area (Å²) in [6.07, 6.45) is 0.201. The second-order valence-corrected chi connectivity index (χ2v) is 6.70. The number of esters is 1. The summed E-state index contributed by atoms with van der Waals surface area (Å²) >= 11 is 0. The number of benzene rings is 2. The van der Waals surface area contributed by atoms with Crippen LogP contribution in [0.25, 0.3) is 10.9 Å². The fourth-order valence-electron chi connectivity index (χ4n) is 2.85. The van der Waals surface area contributed by atoms with E-state index in [1.807, 2.05) is 24.3 Å². The van der Waals surface area contributed by atoms with Gasteiger partial charge in [-0.2, -0.15) is 0 Å². The van der Waals surface area contributed by atoms with Gasteiger partial charge in [0.2, 0.25) is 0 Å². The standard InChI is InChI=1S/C22H23N3O4/c1-3-15-8-10-16(11-9-15)23-21(27)14(2)29-20(26)13-12-19-24-18-7-5-4-6-17(18)22(28)25-19/h4-11,14H,3,12-13H2,1-2H3,(H,23,27)(H,24,25,28)/t14-/m1/s1. The van der Waals surface area contributed by atoms with Crippen LogP contribution >= 0.6 is 0 Å². The number of aryl methyl sites for hydroxylation is 2. The predicted molar refractivity (Wildman–Crippen MR) is 111 cm³/mol. The maximum Gasteiger partial charge on any atom is 0.307 e. The Bertz CT molecular complexity index is 1070. The number of nitrogens with one attached hydrogen (secondary N) is 2. The van der Waals surface area contributed by atoms with Crippen molar-refractivity contribution in [2.75, 3.05) is 5.32 Å². The molecule has 0 unspecified atom stereocenters. The quantitative estimate of drug-likeness (QED) is 0.601. The van der Waals surface area contributed by atoms with Gasteiger partial charge in [-0.15, -0.1) is 0 Å². The molecule has 2 N–H and O–H groups in total. The smallest absolute Gasteiger partial charge is 0.307 e. The minimum absolute atomic E-state index is 0.00406. The van der Waals surface area contributed by atoms with Gasteiger partial charge in [0.1, 0.15) is 5.82 Å². The lowest BCUT2D eigenvalue weighted by molar-refractivity contribution is -0.153. The van der Waals surface area contributed by atoms with Gasteiger partial charge in [-0.1, -0.05) is 31.2 Å². The molecule has 3 aromatic rings. The monoisotopic (exact) mass is 393 g/mol. The molecule has 29 heavy (non-hydrogen) atoms. The number of rotatable bonds is 7. The maximum atomic E-state index is 12.2. The highest BCUT2D eigenvalue weighted by atomic mass is 16.5. The molecule has 3 rings (SSSR count). The molecule has 1 amide bonds. The van der Waals surface area contributed by atoms with Gasteiger partial charge in [0.25, 0.3) is 11.5 Å². The summed E-state index contributed by atoms with van der Waals surface area (Å²) in [7, 11) is 0. The number of anilines is 1. The summed E-state index contributed by atoms with van der Waals surface area (Å²) in [4.78, 5) is 43.4. The van der Waals surface area contributed by atoms with Crippen LogP contribution in [0.3, 0.4) is 0 Å². The number of carbonyl (C=O) groups excluding carboxylic acids is 2. The van der Waals surface area contributed by atoms with E-state index in [9.17, 15) is 14.4 Å². The van der Waals surface area contributed by atoms with E-state index in [2.05, 4.69) is 22.2 Å². The second-order valence-electron chi connectivity index (χ2n) is 6.70. The highest BCUT2D eigenvalue weighted by molar-refractivity contribution is 5.95. The first-order valence-electron chi connectivity index (χ1n) is 9.53. The van der Waals surface area contributed by atoms with E-state index >= 15 is 0 Å². The molecule has 2 aromatic carbocycles. The van der Waals surface area contributed by atoms with Gasteiger partial charge in [0.15, 0.2) is 6.10 Å². The number of hydrogen-bond acceptors (Lipinski definition) is 5. The Balaban J connectivity index is 1.53. The number of carbonyl (C=O) groups is 2. The van der Waals surface area contributed by atoms with Gasteiger partial charge in [0.05, 0.1) is 17.3 Å². The number of amides is 1. The normalized spacial score (nSPS) is 11.8. The van der Waals surface area contributed by atoms with Gasteiger partial charge >= 0.3 is 5.97 Å². The van der Waals surface area contributed by atoms with Crippen LogP contribution in [0.4, 0.5) is 5.69 Å². The molecule has 0 fully saturated rings. The third-order valence-corrected chi connectivity index (χ3v) is 4.54. The summed E-state index contributed by atoms with van der Waals surface area (Å²) < 4.78 is 5.20. The molecule has 0 aliphatic rings. The van der Waals surface area contributed by atoms with Crippen LogP contribution in [0.15, 0.2) is 53.3 Å². The van der Waals surface area contributed by atoms with E-state index in [4.69, 9.17) is 4.74 Å². The molecule has 0 aliphatic carbocycles. The van der Waals surface area contributed by atoms with E-state index in [0.29, 0.717) is 22.4 Å². The fraction of sp³-hybridized carbons (Fsp3) is 0.273. The lowest BCUT2D eigenvalue weighted by atomic mass is 10.1. The summed E-state index contributed by atoms with van der Waals surface area (Å²) in [5.41, 5.74) is 2.14. The molecule has 0 bridgehead atoms. The van der Waals surface area contributed by atoms with Gasteiger partial charge in [0, 0.05) is 12.1 Å². The molecule has 150 valence electrons. The molecule has 1 aromatic heterocycles. The number of hydrogen-bond donors (Lipinski definition) is 2. The summed E-state index contributed by atoms with van der Waals surface area (Å²) in [6, 6.07) is 14.5. The average molecular weight is 393 g/mol. The molecular formula is C22H23N3O4. The first kappa shape index (κ1) is 20.3. The van der Waals surface area contributed by atoms with Crippen molar-refractivity contribution in [1.29, 1.82) is 0 Å². The van der Waals surface area contributed by atoms with E-state index in [0.717, 1.165) is 6.42 Å². The van der Waals surface area contributed by atoms with Crippen molar-refractivity contribution in [3.05, 3.63) is 70.3 Å². The Kier molecular flexibility index (Phi) is 6.39. The number of aromatic nitrogens is 2. The predicted octanol–water partition coefficient (Wildman–Crippen LogP) is 2.99. The SMILES string of the molecule is CCc1ccc(NC(=O)[C@@H](C)OC(=O)CCc2nc3ccccc3c(=O)[nH]2)cc1. The largest absolute Gasteiger partial charge is 0.453 e. The van der Waals surface area contributed by atoms with Crippen LogP contribution in [0, 0.1) is 0 Å². The van der Waals surface area contributed by atoms with E-state index in [1.54, 1.807) is 24.3 Å². The first-order valence-corrected chi connectivity index (χ1v) is 9.53. The molecule has 7 heteroatoms. The number of ether oxygens (including phenoxy) is 1. The first-order chi connectivity index (χ1) is 14.0. The Morgan fingerprint density at radius 1 is 1.14 bits per heavy atom. The zero-order valence-corrected chi connectivity index (χ0v) is 16.4. The summed E-state index contributed by atoms with van der Waals surface area (Å²) in [5.74, 6) is -0.539. The molecule has 7 nitrogen and oxygen atoms in total. The zero-order valence-electron chi connectivity index (χ0n) is 16.4. The number of H-pyrrole nitrogens is 1. The number of para-hydroxylation sites is 1. The highest BCUT2D eigenvalue weighted by Crippen LogP contribution is 2.11. The van der Waals surface area contributed by atoms with Crippen molar-refractivity contribution in [3.63, 3.8) is 0 Å². The third kappa shape index (κ3) is 5.28.